The molecule has 5 nitrogen and oxygen atoms in total. The van der Waals surface area contributed by atoms with Gasteiger partial charge >= 0.3 is 0 Å². The van der Waals surface area contributed by atoms with E-state index in [0.29, 0.717) is 11.9 Å². The molecule has 2 heterocycles. The molecule has 1 aliphatic rings. The summed E-state index contributed by atoms with van der Waals surface area (Å²) in [5.41, 5.74) is 6.51. The number of rotatable bonds is 2. The molecule has 0 saturated carbocycles. The predicted octanol–water partition coefficient (Wildman–Crippen LogP) is 1.03. The first-order chi connectivity index (χ1) is 8.08. The van der Waals surface area contributed by atoms with Gasteiger partial charge < -0.3 is 10.6 Å². The van der Waals surface area contributed by atoms with Crippen molar-refractivity contribution < 1.29 is 4.79 Å². The normalized spacial score (nSPS) is 19.9. The summed E-state index contributed by atoms with van der Waals surface area (Å²) in [6.07, 6.45) is 2.62. The molecule has 0 unspecified atom stereocenters. The Hall–Kier alpha value is -1.65. The summed E-state index contributed by atoms with van der Waals surface area (Å²) in [6.45, 7) is 5.41. The van der Waals surface area contributed by atoms with E-state index >= 15 is 0 Å². The molecule has 5 heteroatoms. The van der Waals surface area contributed by atoms with Crippen LogP contribution in [0.25, 0.3) is 0 Å². The minimum atomic E-state index is 0.0595. The molecule has 2 rings (SSSR count). The predicted molar refractivity (Wildman–Crippen MR) is 65.2 cm³/mol. The van der Waals surface area contributed by atoms with Crippen LogP contribution in [-0.4, -0.2) is 33.9 Å². The van der Waals surface area contributed by atoms with Gasteiger partial charge in [-0.05, 0) is 12.5 Å². The molecule has 1 saturated heterocycles. The molecule has 1 atom stereocenters. The van der Waals surface area contributed by atoms with Crippen molar-refractivity contribution in [2.75, 3.05) is 18.8 Å². The maximum Gasteiger partial charge on any atom is 0.225 e. The maximum absolute atomic E-state index is 11.9. The second-order valence-corrected chi connectivity index (χ2v) is 4.76. The van der Waals surface area contributed by atoms with E-state index in [9.17, 15) is 4.79 Å². The van der Waals surface area contributed by atoms with Crippen LogP contribution in [0.5, 0.6) is 0 Å². The Labute approximate surface area is 101 Å². The Bertz CT molecular complexity index is 419. The van der Waals surface area contributed by atoms with E-state index in [1.54, 1.807) is 6.20 Å². The molecule has 0 spiro atoms. The molecule has 0 bridgehead atoms. The largest absolute Gasteiger partial charge is 0.368 e. The third-order valence-corrected chi connectivity index (χ3v) is 3.11. The third kappa shape index (κ3) is 2.54. The standard InChI is InChI=1S/C12H18N4O/c1-8(2)11(17)16-6-4-9(7-16)10-3-5-14-12(13)15-10/h3,5,8-9H,4,6-7H2,1-2H3,(H2,13,14,15)/t9-/m0/s1. The molecule has 0 aliphatic carbocycles. The van der Waals surface area contributed by atoms with E-state index in [-0.39, 0.29) is 11.8 Å². The molecule has 17 heavy (non-hydrogen) atoms. The van der Waals surface area contributed by atoms with Crippen molar-refractivity contribution in [2.45, 2.75) is 26.2 Å². The molecule has 92 valence electrons. The van der Waals surface area contributed by atoms with Gasteiger partial charge in [0.2, 0.25) is 11.9 Å². The molecule has 0 radical (unpaired) electrons. The smallest absolute Gasteiger partial charge is 0.225 e. The van der Waals surface area contributed by atoms with Crippen molar-refractivity contribution in [3.8, 4) is 0 Å². The van der Waals surface area contributed by atoms with Gasteiger partial charge in [0, 0.05) is 31.1 Å². The number of nitrogens with two attached hydrogens (primary N) is 1. The fourth-order valence-electron chi connectivity index (χ4n) is 2.18. The van der Waals surface area contributed by atoms with Crippen molar-refractivity contribution in [3.63, 3.8) is 0 Å². The van der Waals surface area contributed by atoms with Gasteiger partial charge in [0.05, 0.1) is 5.69 Å². The van der Waals surface area contributed by atoms with Crippen LogP contribution in [0.4, 0.5) is 5.95 Å². The average Bonchev–Trinajstić information content (AvgIpc) is 2.77. The second kappa shape index (κ2) is 4.69. The Morgan fingerprint density at radius 2 is 2.35 bits per heavy atom. The molecular weight excluding hydrogens is 216 g/mol. The van der Waals surface area contributed by atoms with Gasteiger partial charge in [0.15, 0.2) is 0 Å². The van der Waals surface area contributed by atoms with Gasteiger partial charge in [-0.2, -0.15) is 0 Å². The van der Waals surface area contributed by atoms with Crippen LogP contribution in [-0.2, 0) is 4.79 Å². The molecular formula is C12H18N4O. The fourth-order valence-corrected chi connectivity index (χ4v) is 2.18. The minimum absolute atomic E-state index is 0.0595. The highest BCUT2D eigenvalue weighted by Crippen LogP contribution is 2.26. The van der Waals surface area contributed by atoms with E-state index in [2.05, 4.69) is 9.97 Å². The minimum Gasteiger partial charge on any atom is -0.368 e. The van der Waals surface area contributed by atoms with E-state index in [4.69, 9.17) is 5.73 Å². The van der Waals surface area contributed by atoms with Gasteiger partial charge in [0.1, 0.15) is 0 Å². The third-order valence-electron chi connectivity index (χ3n) is 3.11. The number of carbonyl (C=O) groups is 1. The zero-order valence-electron chi connectivity index (χ0n) is 10.3. The number of likely N-dealkylation sites (tertiary alicyclic amines) is 1. The maximum atomic E-state index is 11.9. The number of aromatic nitrogens is 2. The summed E-state index contributed by atoms with van der Waals surface area (Å²) in [6, 6.07) is 1.88. The first kappa shape index (κ1) is 11.8. The van der Waals surface area contributed by atoms with Crippen molar-refractivity contribution in [3.05, 3.63) is 18.0 Å². The Morgan fingerprint density at radius 3 is 3.00 bits per heavy atom. The summed E-state index contributed by atoms with van der Waals surface area (Å²) in [5, 5.41) is 0. The Kier molecular flexibility index (Phi) is 3.26. The molecule has 1 aliphatic heterocycles. The monoisotopic (exact) mass is 234 g/mol. The van der Waals surface area contributed by atoms with E-state index in [1.165, 1.54) is 0 Å². The molecule has 2 N–H and O–H groups in total. The molecule has 1 aromatic heterocycles. The fraction of sp³-hybridized carbons (Fsp3) is 0.583. The van der Waals surface area contributed by atoms with Crippen LogP contribution in [0, 0.1) is 5.92 Å². The van der Waals surface area contributed by atoms with Crippen LogP contribution >= 0.6 is 0 Å². The van der Waals surface area contributed by atoms with E-state index in [1.807, 2.05) is 24.8 Å². The number of hydrogen-bond donors (Lipinski definition) is 1. The van der Waals surface area contributed by atoms with E-state index in [0.717, 1.165) is 25.2 Å². The number of nitrogen functional groups attached to an aromatic ring is 1. The second-order valence-electron chi connectivity index (χ2n) is 4.76. The highest BCUT2D eigenvalue weighted by molar-refractivity contribution is 5.78. The van der Waals surface area contributed by atoms with Crippen LogP contribution in [0.3, 0.4) is 0 Å². The highest BCUT2D eigenvalue weighted by atomic mass is 16.2. The number of hydrogen-bond acceptors (Lipinski definition) is 4. The lowest BCUT2D eigenvalue weighted by Crippen LogP contribution is -2.32. The topological polar surface area (TPSA) is 72.1 Å². The lowest BCUT2D eigenvalue weighted by Gasteiger charge is -2.18. The van der Waals surface area contributed by atoms with Crippen LogP contribution in [0.2, 0.25) is 0 Å². The van der Waals surface area contributed by atoms with Crippen molar-refractivity contribution in [1.82, 2.24) is 14.9 Å². The molecule has 1 amide bonds. The number of anilines is 1. The first-order valence-corrected chi connectivity index (χ1v) is 5.95. The summed E-state index contributed by atoms with van der Waals surface area (Å²) < 4.78 is 0. The lowest BCUT2D eigenvalue weighted by molar-refractivity contribution is -0.133. The van der Waals surface area contributed by atoms with Gasteiger partial charge in [-0.3, -0.25) is 4.79 Å². The lowest BCUT2D eigenvalue weighted by atomic mass is 10.1. The quantitative estimate of drug-likeness (QED) is 0.829. The molecule has 1 fully saturated rings. The number of nitrogens with zero attached hydrogens (tertiary/aromatic N) is 3. The number of carbonyl (C=O) groups excluding carboxylic acids is 1. The van der Waals surface area contributed by atoms with E-state index < -0.39 is 0 Å². The Morgan fingerprint density at radius 1 is 1.59 bits per heavy atom. The van der Waals surface area contributed by atoms with Crippen molar-refractivity contribution >= 4 is 11.9 Å². The summed E-state index contributed by atoms with van der Waals surface area (Å²) in [5.74, 6) is 0.873. The number of amides is 1. The van der Waals surface area contributed by atoms with Crippen molar-refractivity contribution in [1.29, 1.82) is 0 Å². The van der Waals surface area contributed by atoms with Crippen LogP contribution in [0.1, 0.15) is 31.9 Å². The van der Waals surface area contributed by atoms with Crippen LogP contribution in [0.15, 0.2) is 12.3 Å². The summed E-state index contributed by atoms with van der Waals surface area (Å²) >= 11 is 0. The van der Waals surface area contributed by atoms with Gasteiger partial charge in [-0.25, -0.2) is 9.97 Å². The van der Waals surface area contributed by atoms with Crippen LogP contribution < -0.4 is 5.73 Å². The Balaban J connectivity index is 2.05. The van der Waals surface area contributed by atoms with Crippen molar-refractivity contribution in [2.24, 2.45) is 5.92 Å². The van der Waals surface area contributed by atoms with Gasteiger partial charge in [-0.1, -0.05) is 13.8 Å². The summed E-state index contributed by atoms with van der Waals surface area (Å²) in [4.78, 5) is 21.9. The van der Waals surface area contributed by atoms with Gasteiger partial charge in [0.25, 0.3) is 0 Å². The molecule has 1 aromatic rings. The zero-order chi connectivity index (χ0) is 12.4. The SMILES string of the molecule is CC(C)C(=O)N1CC[C@H](c2ccnc(N)n2)C1. The first-order valence-electron chi connectivity index (χ1n) is 5.95. The summed E-state index contributed by atoms with van der Waals surface area (Å²) in [7, 11) is 0. The highest BCUT2D eigenvalue weighted by Gasteiger charge is 2.29. The average molecular weight is 234 g/mol. The van der Waals surface area contributed by atoms with Gasteiger partial charge in [-0.15, -0.1) is 0 Å². The molecule has 0 aromatic carbocycles. The zero-order valence-corrected chi connectivity index (χ0v) is 10.3.